The lowest BCUT2D eigenvalue weighted by molar-refractivity contribution is 1.04. The molecule has 0 unspecified atom stereocenters. The number of rotatable bonds is 5. The van der Waals surface area contributed by atoms with Gasteiger partial charge in [-0.25, -0.2) is 9.97 Å². The van der Waals surface area contributed by atoms with Gasteiger partial charge in [0.25, 0.3) is 0 Å². The molecule has 0 saturated carbocycles. The molecule has 2 aromatic rings. The van der Waals surface area contributed by atoms with Gasteiger partial charge in [-0.1, -0.05) is 0 Å². The highest BCUT2D eigenvalue weighted by Gasteiger charge is 2.00. The van der Waals surface area contributed by atoms with Gasteiger partial charge in [-0.2, -0.15) is 5.26 Å². The van der Waals surface area contributed by atoms with Gasteiger partial charge in [0.2, 0.25) is 0 Å². The molecular weight excluding hydrogens is 306 g/mol. The minimum Gasteiger partial charge on any atom is -0.368 e. The zero-order valence-corrected chi connectivity index (χ0v) is 11.7. The van der Waals surface area contributed by atoms with Crippen LogP contribution in [0.1, 0.15) is 5.56 Å². The van der Waals surface area contributed by atoms with Gasteiger partial charge in [0.1, 0.15) is 17.7 Å². The van der Waals surface area contributed by atoms with Gasteiger partial charge in [-0.3, -0.25) is 0 Å². The molecule has 0 bridgehead atoms. The number of nitrogens with zero attached hydrogens (tertiary/aromatic N) is 3. The Morgan fingerprint density at radius 3 is 2.74 bits per heavy atom. The minimum atomic E-state index is 0.546. The van der Waals surface area contributed by atoms with Crippen molar-refractivity contribution in [2.75, 3.05) is 23.7 Å². The fourth-order valence-electron chi connectivity index (χ4n) is 1.49. The van der Waals surface area contributed by atoms with Gasteiger partial charge in [0, 0.05) is 30.0 Å². The third-order valence-electron chi connectivity index (χ3n) is 2.38. The summed E-state index contributed by atoms with van der Waals surface area (Å²) in [5, 5.41) is 15.2. The van der Waals surface area contributed by atoms with Crippen molar-refractivity contribution in [3.8, 4) is 6.07 Å². The average Bonchev–Trinajstić information content (AvgIpc) is 2.46. The number of hydrogen-bond acceptors (Lipinski definition) is 5. The van der Waals surface area contributed by atoms with Gasteiger partial charge < -0.3 is 10.6 Å². The van der Waals surface area contributed by atoms with Crippen LogP contribution in [0.2, 0.25) is 0 Å². The van der Waals surface area contributed by atoms with Crippen LogP contribution in [0.5, 0.6) is 0 Å². The molecule has 0 saturated heterocycles. The van der Waals surface area contributed by atoms with E-state index in [-0.39, 0.29) is 0 Å². The third-order valence-corrected chi connectivity index (χ3v) is 2.85. The Balaban J connectivity index is 1.81. The van der Waals surface area contributed by atoms with Crippen LogP contribution in [0.4, 0.5) is 11.6 Å². The highest BCUT2D eigenvalue weighted by molar-refractivity contribution is 9.10. The molecule has 0 radical (unpaired) electrons. The minimum absolute atomic E-state index is 0.546. The fourth-order valence-corrected chi connectivity index (χ4v) is 1.72. The summed E-state index contributed by atoms with van der Waals surface area (Å²) in [6, 6.07) is 9.40. The van der Waals surface area contributed by atoms with E-state index in [4.69, 9.17) is 5.26 Å². The van der Waals surface area contributed by atoms with Gasteiger partial charge >= 0.3 is 0 Å². The molecule has 0 aromatic carbocycles. The van der Waals surface area contributed by atoms with E-state index < -0.39 is 0 Å². The Morgan fingerprint density at radius 1 is 1.16 bits per heavy atom. The van der Waals surface area contributed by atoms with Crippen LogP contribution in [-0.2, 0) is 0 Å². The molecule has 0 aliphatic rings. The highest BCUT2D eigenvalue weighted by atomic mass is 79.9. The number of anilines is 2. The topological polar surface area (TPSA) is 73.6 Å². The Morgan fingerprint density at radius 2 is 2.00 bits per heavy atom. The van der Waals surface area contributed by atoms with Crippen LogP contribution in [0.25, 0.3) is 0 Å². The van der Waals surface area contributed by atoms with Crippen molar-refractivity contribution >= 4 is 27.6 Å². The first-order chi connectivity index (χ1) is 9.29. The molecule has 0 fully saturated rings. The lowest BCUT2D eigenvalue weighted by atomic mass is 10.3. The Hall–Kier alpha value is -2.13. The summed E-state index contributed by atoms with van der Waals surface area (Å²) >= 11 is 3.33. The summed E-state index contributed by atoms with van der Waals surface area (Å²) in [4.78, 5) is 8.33. The number of nitriles is 1. The number of nitrogens with one attached hydrogen (secondary N) is 2. The number of pyridine rings is 2. The molecule has 0 spiro atoms. The average molecular weight is 318 g/mol. The normalized spacial score (nSPS) is 9.68. The van der Waals surface area contributed by atoms with E-state index in [0.717, 1.165) is 10.3 Å². The number of halogens is 1. The predicted octanol–water partition coefficient (Wildman–Crippen LogP) is 2.63. The van der Waals surface area contributed by atoms with Crippen LogP contribution in [0.3, 0.4) is 0 Å². The van der Waals surface area contributed by atoms with E-state index in [0.29, 0.717) is 24.5 Å². The molecule has 2 aromatic heterocycles. The van der Waals surface area contributed by atoms with Crippen LogP contribution < -0.4 is 10.6 Å². The summed E-state index contributed by atoms with van der Waals surface area (Å²) in [5.74, 6) is 1.42. The Labute approximate surface area is 119 Å². The molecule has 0 aliphatic carbocycles. The molecule has 96 valence electrons. The van der Waals surface area contributed by atoms with Crippen molar-refractivity contribution in [2.45, 2.75) is 0 Å². The first-order valence-electron chi connectivity index (χ1n) is 5.74. The van der Waals surface area contributed by atoms with Crippen LogP contribution >= 0.6 is 15.9 Å². The summed E-state index contributed by atoms with van der Waals surface area (Å²) in [6.45, 7) is 1.35. The molecule has 2 heterocycles. The van der Waals surface area contributed by atoms with Crippen molar-refractivity contribution in [1.82, 2.24) is 9.97 Å². The quantitative estimate of drug-likeness (QED) is 0.829. The van der Waals surface area contributed by atoms with E-state index in [1.807, 2.05) is 12.1 Å². The van der Waals surface area contributed by atoms with E-state index in [9.17, 15) is 0 Å². The zero-order valence-electron chi connectivity index (χ0n) is 10.1. The first kappa shape index (κ1) is 13.3. The standard InChI is InChI=1S/C13H12BrN5/c14-11-3-4-12(19-9-11)16-6-7-18-13-10(8-15)2-1-5-17-13/h1-5,9H,6-7H2,(H,16,19)(H,17,18). The maximum atomic E-state index is 8.92. The van der Waals surface area contributed by atoms with E-state index in [2.05, 4.69) is 42.6 Å². The van der Waals surface area contributed by atoms with E-state index in [1.165, 1.54) is 0 Å². The zero-order chi connectivity index (χ0) is 13.5. The summed E-state index contributed by atoms with van der Waals surface area (Å²) < 4.78 is 0.948. The van der Waals surface area contributed by atoms with Crippen molar-refractivity contribution < 1.29 is 0 Å². The molecular formula is C13H12BrN5. The molecule has 19 heavy (non-hydrogen) atoms. The fraction of sp³-hybridized carbons (Fsp3) is 0.154. The lowest BCUT2D eigenvalue weighted by Gasteiger charge is -2.08. The molecule has 0 aliphatic heterocycles. The van der Waals surface area contributed by atoms with Gasteiger partial charge in [0.05, 0.1) is 5.56 Å². The molecule has 6 heteroatoms. The number of hydrogen-bond donors (Lipinski definition) is 2. The second-order valence-electron chi connectivity index (χ2n) is 3.73. The maximum absolute atomic E-state index is 8.92. The number of aromatic nitrogens is 2. The van der Waals surface area contributed by atoms with Gasteiger partial charge in [-0.15, -0.1) is 0 Å². The highest BCUT2D eigenvalue weighted by Crippen LogP contribution is 2.11. The Kier molecular flexibility index (Phi) is 4.70. The molecule has 5 nitrogen and oxygen atoms in total. The summed E-state index contributed by atoms with van der Waals surface area (Å²) in [6.07, 6.45) is 3.40. The maximum Gasteiger partial charge on any atom is 0.143 e. The van der Waals surface area contributed by atoms with Crippen LogP contribution in [0, 0.1) is 11.3 Å². The van der Waals surface area contributed by atoms with Gasteiger partial charge in [-0.05, 0) is 40.2 Å². The smallest absolute Gasteiger partial charge is 0.143 e. The molecule has 2 N–H and O–H groups in total. The van der Waals surface area contributed by atoms with Crippen molar-refractivity contribution in [3.05, 3.63) is 46.7 Å². The predicted molar refractivity (Wildman–Crippen MR) is 77.9 cm³/mol. The van der Waals surface area contributed by atoms with Crippen LogP contribution in [-0.4, -0.2) is 23.1 Å². The molecule has 0 amide bonds. The monoisotopic (exact) mass is 317 g/mol. The second kappa shape index (κ2) is 6.71. The third kappa shape index (κ3) is 3.93. The lowest BCUT2D eigenvalue weighted by Crippen LogP contribution is -2.15. The van der Waals surface area contributed by atoms with E-state index >= 15 is 0 Å². The molecule has 0 atom stereocenters. The van der Waals surface area contributed by atoms with Crippen molar-refractivity contribution in [1.29, 1.82) is 5.26 Å². The molecule has 2 rings (SSSR count). The van der Waals surface area contributed by atoms with Crippen molar-refractivity contribution in [2.24, 2.45) is 0 Å². The Bertz CT molecular complexity index is 576. The summed E-state index contributed by atoms with van der Waals surface area (Å²) in [5.41, 5.74) is 0.546. The SMILES string of the molecule is N#Cc1cccnc1NCCNc1ccc(Br)cn1. The van der Waals surface area contributed by atoms with Crippen molar-refractivity contribution in [3.63, 3.8) is 0 Å². The van der Waals surface area contributed by atoms with Gasteiger partial charge in [0.15, 0.2) is 0 Å². The second-order valence-corrected chi connectivity index (χ2v) is 4.64. The largest absolute Gasteiger partial charge is 0.368 e. The first-order valence-corrected chi connectivity index (χ1v) is 6.53. The summed E-state index contributed by atoms with van der Waals surface area (Å²) in [7, 11) is 0. The van der Waals surface area contributed by atoms with Crippen LogP contribution in [0.15, 0.2) is 41.1 Å². The van der Waals surface area contributed by atoms with E-state index in [1.54, 1.807) is 24.5 Å².